The standard InChI is InChI=1S/C28H29N5O2/c29-16-20-14-19(6-7-27(20)35-23-9-12-34-13-10-23)24-8-11-30-28-25(24)15-26(32-28)21-17-31-33(18-21)22-4-2-1-3-5-22/h6-8,11,14-15,17-18,22-23H,1-5,9-10,12-13H2,(H,30,32). The van der Waals surface area contributed by atoms with E-state index >= 15 is 0 Å². The second kappa shape index (κ2) is 9.55. The summed E-state index contributed by atoms with van der Waals surface area (Å²) in [6, 6.07) is 12.8. The van der Waals surface area contributed by atoms with E-state index in [2.05, 4.69) is 38.1 Å². The third kappa shape index (κ3) is 4.42. The highest BCUT2D eigenvalue weighted by molar-refractivity contribution is 5.96. The first-order valence-electron chi connectivity index (χ1n) is 12.6. The van der Waals surface area contributed by atoms with Crippen LogP contribution < -0.4 is 4.74 Å². The zero-order valence-electron chi connectivity index (χ0n) is 19.7. The number of pyridine rings is 1. The fourth-order valence-corrected chi connectivity index (χ4v) is 5.32. The molecule has 1 aliphatic carbocycles. The summed E-state index contributed by atoms with van der Waals surface area (Å²) >= 11 is 0. The Hall–Kier alpha value is -3.63. The number of rotatable bonds is 5. The van der Waals surface area contributed by atoms with Crippen LogP contribution in [0.15, 0.2) is 48.9 Å². The number of hydrogen-bond acceptors (Lipinski definition) is 5. The maximum absolute atomic E-state index is 9.81. The van der Waals surface area contributed by atoms with Crippen LogP contribution in [-0.4, -0.2) is 39.1 Å². The molecule has 4 aromatic rings. The number of benzene rings is 1. The summed E-state index contributed by atoms with van der Waals surface area (Å²) in [5, 5.41) is 15.5. The lowest BCUT2D eigenvalue weighted by molar-refractivity contribution is 0.0254. The van der Waals surface area contributed by atoms with Gasteiger partial charge in [-0.15, -0.1) is 0 Å². The van der Waals surface area contributed by atoms with Gasteiger partial charge >= 0.3 is 0 Å². The van der Waals surface area contributed by atoms with Crippen molar-refractivity contribution in [2.75, 3.05) is 13.2 Å². The van der Waals surface area contributed by atoms with E-state index in [1.54, 1.807) is 0 Å². The van der Waals surface area contributed by atoms with E-state index in [0.717, 1.165) is 46.3 Å². The molecule has 0 amide bonds. The van der Waals surface area contributed by atoms with Gasteiger partial charge in [0.05, 0.1) is 36.7 Å². The van der Waals surface area contributed by atoms with Gasteiger partial charge in [0.1, 0.15) is 23.6 Å². The molecule has 0 atom stereocenters. The van der Waals surface area contributed by atoms with Crippen molar-refractivity contribution >= 4 is 11.0 Å². The number of nitrogens with zero attached hydrogens (tertiary/aromatic N) is 4. The number of H-pyrrole nitrogens is 1. The van der Waals surface area contributed by atoms with Crippen LogP contribution in [0.2, 0.25) is 0 Å². The van der Waals surface area contributed by atoms with E-state index in [0.29, 0.717) is 30.6 Å². The Morgan fingerprint density at radius 3 is 2.71 bits per heavy atom. The number of aromatic nitrogens is 4. The van der Waals surface area contributed by atoms with Gasteiger partial charge in [-0.05, 0) is 48.2 Å². The van der Waals surface area contributed by atoms with Crippen molar-refractivity contribution < 1.29 is 9.47 Å². The molecule has 7 nitrogen and oxygen atoms in total. The molecule has 6 rings (SSSR count). The van der Waals surface area contributed by atoms with Gasteiger partial charge in [-0.3, -0.25) is 4.68 Å². The van der Waals surface area contributed by atoms with Crippen LogP contribution in [0, 0.1) is 11.3 Å². The van der Waals surface area contributed by atoms with Gasteiger partial charge in [0.2, 0.25) is 0 Å². The zero-order valence-corrected chi connectivity index (χ0v) is 19.7. The van der Waals surface area contributed by atoms with Crippen molar-refractivity contribution in [1.29, 1.82) is 5.26 Å². The predicted molar refractivity (Wildman–Crippen MR) is 134 cm³/mol. The fraction of sp³-hybridized carbons (Fsp3) is 0.393. The van der Waals surface area contributed by atoms with Gasteiger partial charge in [0.25, 0.3) is 0 Å². The zero-order chi connectivity index (χ0) is 23.6. The van der Waals surface area contributed by atoms with Gasteiger partial charge < -0.3 is 14.5 Å². The van der Waals surface area contributed by atoms with E-state index in [1.807, 2.05) is 36.7 Å². The van der Waals surface area contributed by atoms with Gasteiger partial charge in [-0.2, -0.15) is 10.4 Å². The minimum absolute atomic E-state index is 0.0936. The molecule has 1 aliphatic heterocycles. The van der Waals surface area contributed by atoms with E-state index < -0.39 is 0 Å². The minimum atomic E-state index is 0.0936. The monoisotopic (exact) mass is 467 g/mol. The molecule has 0 spiro atoms. The van der Waals surface area contributed by atoms with Crippen LogP contribution >= 0.6 is 0 Å². The topological polar surface area (TPSA) is 88.8 Å². The molecule has 0 bridgehead atoms. The summed E-state index contributed by atoms with van der Waals surface area (Å²) in [4.78, 5) is 8.03. The van der Waals surface area contributed by atoms with Crippen molar-refractivity contribution in [2.24, 2.45) is 0 Å². The molecule has 0 unspecified atom stereocenters. The number of fused-ring (bicyclic) bond motifs is 1. The molecule has 2 fully saturated rings. The highest BCUT2D eigenvalue weighted by atomic mass is 16.5. The Labute approximate surface area is 204 Å². The normalized spacial score (nSPS) is 17.5. The molecule has 1 N–H and O–H groups in total. The minimum Gasteiger partial charge on any atom is -0.489 e. The average Bonchev–Trinajstić information content (AvgIpc) is 3.58. The molecule has 3 aromatic heterocycles. The second-order valence-electron chi connectivity index (χ2n) is 9.56. The fourth-order valence-electron chi connectivity index (χ4n) is 5.32. The van der Waals surface area contributed by atoms with E-state index in [9.17, 15) is 5.26 Å². The highest BCUT2D eigenvalue weighted by Crippen LogP contribution is 2.35. The van der Waals surface area contributed by atoms with E-state index in [1.165, 1.54) is 32.1 Å². The lowest BCUT2D eigenvalue weighted by atomic mass is 9.96. The van der Waals surface area contributed by atoms with Crippen molar-refractivity contribution in [3.63, 3.8) is 0 Å². The molecular formula is C28H29N5O2. The molecule has 178 valence electrons. The third-order valence-corrected chi connectivity index (χ3v) is 7.27. The molecule has 2 aliphatic rings. The smallest absolute Gasteiger partial charge is 0.138 e. The van der Waals surface area contributed by atoms with Crippen molar-refractivity contribution in [3.8, 4) is 34.2 Å². The van der Waals surface area contributed by atoms with Crippen molar-refractivity contribution in [2.45, 2.75) is 57.1 Å². The maximum atomic E-state index is 9.81. The highest BCUT2D eigenvalue weighted by Gasteiger charge is 2.19. The number of ether oxygens (including phenoxy) is 2. The predicted octanol–water partition coefficient (Wildman–Crippen LogP) is 6.03. The van der Waals surface area contributed by atoms with Gasteiger partial charge in [0.15, 0.2) is 0 Å². The summed E-state index contributed by atoms with van der Waals surface area (Å²) in [6.45, 7) is 1.41. The number of hydrogen-bond donors (Lipinski definition) is 1. The summed E-state index contributed by atoms with van der Waals surface area (Å²) in [5.74, 6) is 0.637. The van der Waals surface area contributed by atoms with Crippen LogP contribution in [0.25, 0.3) is 33.4 Å². The lowest BCUT2D eigenvalue weighted by Gasteiger charge is -2.23. The number of nitrogens with one attached hydrogen (secondary N) is 1. The quantitative estimate of drug-likeness (QED) is 0.387. The molecule has 1 saturated heterocycles. The number of nitriles is 1. The Morgan fingerprint density at radius 1 is 1.03 bits per heavy atom. The molecule has 0 radical (unpaired) electrons. The third-order valence-electron chi connectivity index (χ3n) is 7.27. The molecule has 4 heterocycles. The summed E-state index contributed by atoms with van der Waals surface area (Å²) in [6.07, 6.45) is 14.0. The second-order valence-corrected chi connectivity index (χ2v) is 9.56. The molecular weight excluding hydrogens is 438 g/mol. The Morgan fingerprint density at radius 2 is 1.89 bits per heavy atom. The van der Waals surface area contributed by atoms with Crippen molar-refractivity contribution in [3.05, 3.63) is 54.5 Å². The van der Waals surface area contributed by atoms with Crippen molar-refractivity contribution in [1.82, 2.24) is 19.7 Å². The SMILES string of the molecule is N#Cc1cc(-c2ccnc3[nH]c(-c4cnn(C5CCCCC5)c4)cc23)ccc1OC1CCOCC1. The molecule has 1 saturated carbocycles. The Balaban J connectivity index is 1.30. The van der Waals surface area contributed by atoms with Crippen LogP contribution in [0.4, 0.5) is 0 Å². The summed E-state index contributed by atoms with van der Waals surface area (Å²) in [5.41, 5.74) is 5.44. The van der Waals surface area contributed by atoms with Gasteiger partial charge in [-0.25, -0.2) is 4.98 Å². The Bertz CT molecular complexity index is 1370. The Kier molecular flexibility index (Phi) is 5.97. The average molecular weight is 468 g/mol. The maximum Gasteiger partial charge on any atom is 0.138 e. The van der Waals surface area contributed by atoms with E-state index in [4.69, 9.17) is 9.47 Å². The summed E-state index contributed by atoms with van der Waals surface area (Å²) < 4.78 is 13.7. The molecule has 35 heavy (non-hydrogen) atoms. The largest absolute Gasteiger partial charge is 0.489 e. The first-order valence-corrected chi connectivity index (χ1v) is 12.6. The van der Waals surface area contributed by atoms with Crippen LogP contribution in [0.1, 0.15) is 56.6 Å². The molecule has 7 heteroatoms. The van der Waals surface area contributed by atoms with Crippen LogP contribution in [0.5, 0.6) is 5.75 Å². The van der Waals surface area contributed by atoms with Gasteiger partial charge in [0, 0.05) is 36.2 Å². The van der Waals surface area contributed by atoms with Crippen LogP contribution in [-0.2, 0) is 4.74 Å². The first-order chi connectivity index (χ1) is 17.3. The first kappa shape index (κ1) is 21.9. The van der Waals surface area contributed by atoms with E-state index in [-0.39, 0.29) is 6.10 Å². The van der Waals surface area contributed by atoms with Gasteiger partial charge in [-0.1, -0.05) is 25.3 Å². The van der Waals surface area contributed by atoms with Crippen LogP contribution in [0.3, 0.4) is 0 Å². The summed E-state index contributed by atoms with van der Waals surface area (Å²) in [7, 11) is 0. The lowest BCUT2D eigenvalue weighted by Crippen LogP contribution is -2.26. The molecule has 1 aromatic carbocycles. The number of aromatic amines is 1.